The van der Waals surface area contributed by atoms with Gasteiger partial charge < -0.3 is 10.6 Å². The molecular weight excluding hydrogens is 413 g/mol. The normalized spacial score (nSPS) is 18.0. The number of thiazole rings is 1. The minimum Gasteiger partial charge on any atom is -0.350 e. The number of amides is 2. The minimum absolute atomic E-state index is 0.00116. The Hall–Kier alpha value is -3.06. The highest BCUT2D eigenvalue weighted by Crippen LogP contribution is 2.29. The molecule has 2 aromatic carbocycles. The SMILES string of the molecule is O=C(CCC1(Cc2ccc(F)cc2)CCC(=O)N1)NCc1nc(-c2ccccc2)cs1. The van der Waals surface area contributed by atoms with E-state index in [9.17, 15) is 14.0 Å². The fraction of sp³-hybridized carbons (Fsp3) is 0.292. The van der Waals surface area contributed by atoms with Crippen LogP contribution in [0.4, 0.5) is 4.39 Å². The van der Waals surface area contributed by atoms with Crippen molar-refractivity contribution in [2.45, 2.75) is 44.2 Å². The van der Waals surface area contributed by atoms with Crippen molar-refractivity contribution in [2.24, 2.45) is 0 Å². The lowest BCUT2D eigenvalue weighted by Gasteiger charge is -2.29. The van der Waals surface area contributed by atoms with Crippen molar-refractivity contribution >= 4 is 23.2 Å². The van der Waals surface area contributed by atoms with Crippen LogP contribution in [-0.2, 0) is 22.6 Å². The van der Waals surface area contributed by atoms with Gasteiger partial charge in [-0.25, -0.2) is 9.37 Å². The zero-order chi connectivity index (χ0) is 21.7. The molecular formula is C24H24FN3O2S. The first kappa shape index (κ1) is 21.2. The van der Waals surface area contributed by atoms with E-state index in [4.69, 9.17) is 0 Å². The van der Waals surface area contributed by atoms with Gasteiger partial charge in [0.2, 0.25) is 11.8 Å². The van der Waals surface area contributed by atoms with Crippen molar-refractivity contribution < 1.29 is 14.0 Å². The number of aromatic nitrogens is 1. The first-order valence-electron chi connectivity index (χ1n) is 10.3. The fourth-order valence-corrected chi connectivity index (χ4v) is 4.67. The van der Waals surface area contributed by atoms with Gasteiger partial charge in [0.05, 0.1) is 12.2 Å². The number of halogens is 1. The van der Waals surface area contributed by atoms with Gasteiger partial charge in [-0.3, -0.25) is 9.59 Å². The van der Waals surface area contributed by atoms with Gasteiger partial charge in [-0.1, -0.05) is 42.5 Å². The Labute approximate surface area is 184 Å². The lowest BCUT2D eigenvalue weighted by molar-refractivity contribution is -0.122. The maximum Gasteiger partial charge on any atom is 0.220 e. The Balaban J connectivity index is 1.31. The first-order valence-corrected chi connectivity index (χ1v) is 11.2. The van der Waals surface area contributed by atoms with E-state index >= 15 is 0 Å². The van der Waals surface area contributed by atoms with E-state index in [0.717, 1.165) is 21.8 Å². The van der Waals surface area contributed by atoms with Gasteiger partial charge in [0.1, 0.15) is 10.8 Å². The second-order valence-electron chi connectivity index (χ2n) is 7.90. The zero-order valence-corrected chi connectivity index (χ0v) is 17.9. The van der Waals surface area contributed by atoms with Crippen LogP contribution in [0.15, 0.2) is 60.0 Å². The van der Waals surface area contributed by atoms with Crippen molar-refractivity contribution in [1.29, 1.82) is 0 Å². The molecule has 1 atom stereocenters. The van der Waals surface area contributed by atoms with Crippen LogP contribution in [-0.4, -0.2) is 22.3 Å². The summed E-state index contributed by atoms with van der Waals surface area (Å²) in [5.74, 6) is -0.361. The molecule has 1 saturated heterocycles. The minimum atomic E-state index is -0.464. The molecule has 1 fully saturated rings. The Morgan fingerprint density at radius 3 is 2.65 bits per heavy atom. The average molecular weight is 438 g/mol. The zero-order valence-electron chi connectivity index (χ0n) is 17.1. The van der Waals surface area contributed by atoms with Crippen molar-refractivity contribution in [1.82, 2.24) is 15.6 Å². The highest BCUT2D eigenvalue weighted by molar-refractivity contribution is 7.09. The van der Waals surface area contributed by atoms with Crippen LogP contribution >= 0.6 is 11.3 Å². The molecule has 1 unspecified atom stereocenters. The Morgan fingerprint density at radius 1 is 1.16 bits per heavy atom. The van der Waals surface area contributed by atoms with Gasteiger partial charge in [0.25, 0.3) is 0 Å². The number of nitrogens with one attached hydrogen (secondary N) is 2. The molecule has 5 nitrogen and oxygen atoms in total. The first-order chi connectivity index (χ1) is 15.0. The number of carbonyl (C=O) groups is 2. The lowest BCUT2D eigenvalue weighted by atomic mass is 9.85. The van der Waals surface area contributed by atoms with Crippen LogP contribution in [0, 0.1) is 5.82 Å². The standard InChI is InChI=1S/C24H24FN3O2S/c25-19-8-6-17(7-9-19)14-24(13-11-22(30)28-24)12-10-21(29)26-15-23-27-20(16-31-23)18-4-2-1-3-5-18/h1-9,16H,10-15H2,(H,26,29)(H,28,30). The molecule has 1 aromatic heterocycles. The third kappa shape index (κ3) is 5.55. The highest BCUT2D eigenvalue weighted by atomic mass is 32.1. The van der Waals surface area contributed by atoms with Gasteiger partial charge in [-0.05, 0) is 37.0 Å². The maximum atomic E-state index is 13.2. The molecule has 1 aliphatic rings. The van der Waals surface area contributed by atoms with Crippen LogP contribution in [0.1, 0.15) is 36.3 Å². The van der Waals surface area contributed by atoms with E-state index in [2.05, 4.69) is 15.6 Å². The molecule has 160 valence electrons. The van der Waals surface area contributed by atoms with E-state index in [0.29, 0.717) is 38.6 Å². The van der Waals surface area contributed by atoms with Gasteiger partial charge in [-0.15, -0.1) is 11.3 Å². The number of carbonyl (C=O) groups excluding carboxylic acids is 2. The molecule has 2 heterocycles. The largest absolute Gasteiger partial charge is 0.350 e. The molecule has 3 aromatic rings. The van der Waals surface area contributed by atoms with Crippen molar-refractivity contribution in [3.05, 3.63) is 76.4 Å². The van der Waals surface area contributed by atoms with Crippen molar-refractivity contribution in [3.63, 3.8) is 0 Å². The fourth-order valence-electron chi connectivity index (χ4n) is 3.92. The van der Waals surface area contributed by atoms with Crippen LogP contribution in [0.5, 0.6) is 0 Å². The van der Waals surface area contributed by atoms with Gasteiger partial charge in [0, 0.05) is 29.3 Å². The molecule has 31 heavy (non-hydrogen) atoms. The van der Waals surface area contributed by atoms with Crippen LogP contribution < -0.4 is 10.6 Å². The number of benzene rings is 2. The van der Waals surface area contributed by atoms with E-state index in [1.54, 1.807) is 12.1 Å². The number of nitrogens with zero attached hydrogens (tertiary/aromatic N) is 1. The predicted molar refractivity (Wildman–Crippen MR) is 119 cm³/mol. The molecule has 0 saturated carbocycles. The summed E-state index contributed by atoms with van der Waals surface area (Å²) >= 11 is 1.52. The smallest absolute Gasteiger partial charge is 0.220 e. The molecule has 7 heteroatoms. The summed E-state index contributed by atoms with van der Waals surface area (Å²) in [6, 6.07) is 16.2. The molecule has 0 radical (unpaired) electrons. The number of hydrogen-bond donors (Lipinski definition) is 2. The summed E-state index contributed by atoms with van der Waals surface area (Å²) in [7, 11) is 0. The second kappa shape index (κ2) is 9.39. The molecule has 2 amide bonds. The van der Waals surface area contributed by atoms with E-state index in [-0.39, 0.29) is 17.6 Å². The molecule has 2 N–H and O–H groups in total. The summed E-state index contributed by atoms with van der Waals surface area (Å²) < 4.78 is 13.2. The average Bonchev–Trinajstić information content (AvgIpc) is 3.40. The van der Waals surface area contributed by atoms with Crippen LogP contribution in [0.25, 0.3) is 11.3 Å². The van der Waals surface area contributed by atoms with Crippen LogP contribution in [0.3, 0.4) is 0 Å². The monoisotopic (exact) mass is 437 g/mol. The Kier molecular flexibility index (Phi) is 6.42. The topological polar surface area (TPSA) is 71.1 Å². The van der Waals surface area contributed by atoms with Gasteiger partial charge >= 0.3 is 0 Å². The van der Waals surface area contributed by atoms with E-state index in [1.165, 1.54) is 23.5 Å². The number of rotatable bonds is 8. The molecule has 0 aliphatic carbocycles. The third-order valence-corrected chi connectivity index (χ3v) is 6.43. The lowest BCUT2D eigenvalue weighted by Crippen LogP contribution is -2.44. The van der Waals surface area contributed by atoms with Gasteiger partial charge in [-0.2, -0.15) is 0 Å². The molecule has 4 rings (SSSR count). The third-order valence-electron chi connectivity index (χ3n) is 5.58. The molecule has 1 aliphatic heterocycles. The Morgan fingerprint density at radius 2 is 1.94 bits per heavy atom. The van der Waals surface area contributed by atoms with Crippen molar-refractivity contribution in [3.8, 4) is 11.3 Å². The quantitative estimate of drug-likeness (QED) is 0.554. The summed E-state index contributed by atoms with van der Waals surface area (Å²) in [5.41, 5.74) is 2.44. The summed E-state index contributed by atoms with van der Waals surface area (Å²) in [6.07, 6.45) is 2.54. The van der Waals surface area contributed by atoms with Crippen molar-refractivity contribution in [2.75, 3.05) is 0 Å². The molecule has 0 spiro atoms. The predicted octanol–water partition coefficient (Wildman–Crippen LogP) is 4.24. The number of hydrogen-bond acceptors (Lipinski definition) is 4. The van der Waals surface area contributed by atoms with Gasteiger partial charge in [0.15, 0.2) is 0 Å². The van der Waals surface area contributed by atoms with Crippen LogP contribution in [0.2, 0.25) is 0 Å². The maximum absolute atomic E-state index is 13.2. The molecule has 0 bridgehead atoms. The summed E-state index contributed by atoms with van der Waals surface area (Å²) in [5, 5.41) is 8.83. The summed E-state index contributed by atoms with van der Waals surface area (Å²) in [4.78, 5) is 29.0. The Bertz CT molecular complexity index is 1050. The highest BCUT2D eigenvalue weighted by Gasteiger charge is 2.37. The van der Waals surface area contributed by atoms with E-state index in [1.807, 2.05) is 35.7 Å². The second-order valence-corrected chi connectivity index (χ2v) is 8.84. The summed E-state index contributed by atoms with van der Waals surface area (Å²) in [6.45, 7) is 0.383. The van der Waals surface area contributed by atoms with E-state index < -0.39 is 5.54 Å².